The van der Waals surface area contributed by atoms with Gasteiger partial charge >= 0.3 is 12.1 Å². The van der Waals surface area contributed by atoms with Crippen LogP contribution in [0, 0.1) is 5.82 Å². The van der Waals surface area contributed by atoms with Gasteiger partial charge in [-0.3, -0.25) is 4.79 Å². The molecule has 158 valence electrons. The number of carboxylic acid groups (broad SMARTS) is 1. The third kappa shape index (κ3) is 4.46. The molecule has 7 heteroatoms. The van der Waals surface area contributed by atoms with Crippen LogP contribution in [-0.2, 0) is 9.53 Å². The Hall–Kier alpha value is -3.19. The van der Waals surface area contributed by atoms with Crippen molar-refractivity contribution in [2.24, 2.45) is 0 Å². The van der Waals surface area contributed by atoms with E-state index in [0.29, 0.717) is 5.56 Å². The maximum absolute atomic E-state index is 13.5. The summed E-state index contributed by atoms with van der Waals surface area (Å²) < 4.78 is 19.2. The van der Waals surface area contributed by atoms with Crippen molar-refractivity contribution in [3.8, 4) is 11.1 Å². The monoisotopic (exact) mass is 483 g/mol. The largest absolute Gasteiger partial charge is 0.481 e. The molecule has 0 aromatic heterocycles. The Kier molecular flexibility index (Phi) is 6.04. The number of ether oxygens (including phenoxy) is 1. The number of benzene rings is 3. The fraction of sp³-hybridized carbons (Fsp3) is 0.167. The van der Waals surface area contributed by atoms with Gasteiger partial charge in [0, 0.05) is 5.92 Å². The Labute approximate surface area is 187 Å². The van der Waals surface area contributed by atoms with Crippen LogP contribution in [0.25, 0.3) is 11.1 Å². The number of hydrogen-bond donors (Lipinski definition) is 2. The Morgan fingerprint density at radius 1 is 1.03 bits per heavy atom. The number of alkyl carbamates (subject to hydrolysis) is 1. The highest BCUT2D eigenvalue weighted by molar-refractivity contribution is 9.10. The number of carbonyl (C=O) groups excluding carboxylic acids is 1. The fourth-order valence-corrected chi connectivity index (χ4v) is 4.33. The SMILES string of the molecule is O=C(O)C[C@H](NC(=O)OCC1c2ccccc2-c2ccccc21)c1ccc(F)c(Br)c1. The molecule has 0 saturated heterocycles. The van der Waals surface area contributed by atoms with Gasteiger partial charge in [-0.2, -0.15) is 0 Å². The molecular formula is C24H19BrFNO4. The first-order valence-corrected chi connectivity index (χ1v) is 10.5. The molecule has 0 saturated carbocycles. The number of hydrogen-bond acceptors (Lipinski definition) is 3. The van der Waals surface area contributed by atoms with Crippen LogP contribution in [0.3, 0.4) is 0 Å². The molecule has 31 heavy (non-hydrogen) atoms. The molecule has 0 bridgehead atoms. The summed E-state index contributed by atoms with van der Waals surface area (Å²) >= 11 is 3.09. The van der Waals surface area contributed by atoms with Gasteiger partial charge in [0.1, 0.15) is 12.4 Å². The number of fused-ring (bicyclic) bond motifs is 3. The van der Waals surface area contributed by atoms with Gasteiger partial charge in [0.15, 0.2) is 0 Å². The highest BCUT2D eigenvalue weighted by atomic mass is 79.9. The molecule has 2 N–H and O–H groups in total. The molecule has 0 unspecified atom stereocenters. The Balaban J connectivity index is 1.49. The average Bonchev–Trinajstić information content (AvgIpc) is 3.07. The van der Waals surface area contributed by atoms with Crippen LogP contribution in [0.5, 0.6) is 0 Å². The highest BCUT2D eigenvalue weighted by Crippen LogP contribution is 2.44. The van der Waals surface area contributed by atoms with E-state index in [1.165, 1.54) is 18.2 Å². The average molecular weight is 484 g/mol. The number of halogens is 2. The van der Waals surface area contributed by atoms with Crippen molar-refractivity contribution in [3.05, 3.63) is 93.7 Å². The van der Waals surface area contributed by atoms with Gasteiger partial charge in [-0.25, -0.2) is 9.18 Å². The van der Waals surface area contributed by atoms with Crippen molar-refractivity contribution in [2.45, 2.75) is 18.4 Å². The zero-order valence-corrected chi connectivity index (χ0v) is 17.9. The van der Waals surface area contributed by atoms with Crippen molar-refractivity contribution >= 4 is 28.0 Å². The molecule has 0 fully saturated rings. The molecule has 3 aromatic carbocycles. The van der Waals surface area contributed by atoms with Crippen LogP contribution < -0.4 is 5.32 Å². The van der Waals surface area contributed by atoms with Crippen molar-refractivity contribution < 1.29 is 23.8 Å². The predicted octanol–water partition coefficient (Wildman–Crippen LogP) is 5.64. The fourth-order valence-electron chi connectivity index (χ4n) is 3.94. The number of aliphatic carboxylic acids is 1. The second-order valence-corrected chi connectivity index (χ2v) is 8.15. The number of nitrogens with one attached hydrogen (secondary N) is 1. The van der Waals surface area contributed by atoms with E-state index < -0.39 is 23.9 Å². The van der Waals surface area contributed by atoms with Gasteiger partial charge in [0.2, 0.25) is 0 Å². The van der Waals surface area contributed by atoms with Gasteiger partial charge in [-0.05, 0) is 55.9 Å². The van der Waals surface area contributed by atoms with Crippen molar-refractivity contribution in [1.82, 2.24) is 5.32 Å². The van der Waals surface area contributed by atoms with Crippen LogP contribution in [-0.4, -0.2) is 23.8 Å². The van der Waals surface area contributed by atoms with Crippen LogP contribution >= 0.6 is 15.9 Å². The number of rotatable bonds is 6. The zero-order chi connectivity index (χ0) is 22.0. The predicted molar refractivity (Wildman–Crippen MR) is 117 cm³/mol. The van der Waals surface area contributed by atoms with E-state index in [2.05, 4.69) is 21.2 Å². The van der Waals surface area contributed by atoms with E-state index in [1.54, 1.807) is 0 Å². The first-order valence-electron chi connectivity index (χ1n) is 9.72. The Bertz CT molecular complexity index is 1100. The lowest BCUT2D eigenvalue weighted by molar-refractivity contribution is -0.137. The van der Waals surface area contributed by atoms with Crippen molar-refractivity contribution in [1.29, 1.82) is 0 Å². The van der Waals surface area contributed by atoms with Gasteiger partial charge in [0.25, 0.3) is 0 Å². The Morgan fingerprint density at radius 2 is 1.65 bits per heavy atom. The van der Waals surface area contributed by atoms with Crippen LogP contribution in [0.15, 0.2) is 71.2 Å². The number of carbonyl (C=O) groups is 2. The smallest absolute Gasteiger partial charge is 0.407 e. The third-order valence-corrected chi connectivity index (χ3v) is 5.97. The topological polar surface area (TPSA) is 75.6 Å². The van der Waals surface area contributed by atoms with Gasteiger partial charge in [-0.15, -0.1) is 0 Å². The molecule has 1 aliphatic carbocycles. The molecule has 0 radical (unpaired) electrons. The summed E-state index contributed by atoms with van der Waals surface area (Å²) in [5, 5.41) is 11.8. The summed E-state index contributed by atoms with van der Waals surface area (Å²) in [6.07, 6.45) is -1.09. The zero-order valence-electron chi connectivity index (χ0n) is 16.3. The van der Waals surface area contributed by atoms with Gasteiger partial charge in [-0.1, -0.05) is 54.6 Å². The minimum atomic E-state index is -1.09. The molecule has 4 rings (SSSR count). The van der Waals surface area contributed by atoms with Crippen LogP contribution in [0.2, 0.25) is 0 Å². The van der Waals surface area contributed by atoms with Crippen molar-refractivity contribution in [3.63, 3.8) is 0 Å². The standard InChI is InChI=1S/C24H19BrFNO4/c25-20-11-14(9-10-21(20)26)22(12-23(28)29)27-24(30)31-13-19-17-7-3-1-5-15(17)16-6-2-4-8-18(16)19/h1-11,19,22H,12-13H2,(H,27,30)(H,28,29)/t22-/m0/s1. The lowest BCUT2D eigenvalue weighted by Crippen LogP contribution is -2.31. The summed E-state index contributed by atoms with van der Waals surface area (Å²) in [4.78, 5) is 23.8. The summed E-state index contributed by atoms with van der Waals surface area (Å²) in [6.45, 7) is 0.118. The second kappa shape index (κ2) is 8.89. The molecular weight excluding hydrogens is 465 g/mol. The van der Waals surface area contributed by atoms with Gasteiger partial charge in [0.05, 0.1) is 16.9 Å². The quantitative estimate of drug-likeness (QED) is 0.475. The molecule has 3 aromatic rings. The van der Waals surface area contributed by atoms with E-state index in [9.17, 15) is 19.1 Å². The first kappa shape index (κ1) is 21.1. The molecule has 1 atom stereocenters. The lowest BCUT2D eigenvalue weighted by atomic mass is 9.98. The second-order valence-electron chi connectivity index (χ2n) is 7.29. The van der Waals surface area contributed by atoms with E-state index in [-0.39, 0.29) is 23.4 Å². The third-order valence-electron chi connectivity index (χ3n) is 5.36. The maximum Gasteiger partial charge on any atom is 0.407 e. The number of carboxylic acids is 1. The minimum Gasteiger partial charge on any atom is -0.481 e. The summed E-state index contributed by atoms with van der Waals surface area (Å²) in [5.74, 6) is -1.67. The van der Waals surface area contributed by atoms with E-state index in [0.717, 1.165) is 22.3 Å². The first-order chi connectivity index (χ1) is 14.9. The van der Waals surface area contributed by atoms with E-state index in [1.807, 2.05) is 48.5 Å². The summed E-state index contributed by atoms with van der Waals surface area (Å²) in [5.41, 5.74) is 4.87. The van der Waals surface area contributed by atoms with E-state index >= 15 is 0 Å². The van der Waals surface area contributed by atoms with Crippen molar-refractivity contribution in [2.75, 3.05) is 6.61 Å². The summed E-state index contributed by atoms with van der Waals surface area (Å²) in [7, 11) is 0. The lowest BCUT2D eigenvalue weighted by Gasteiger charge is -2.19. The van der Waals surface area contributed by atoms with Gasteiger partial charge < -0.3 is 15.2 Å². The minimum absolute atomic E-state index is 0.101. The number of amides is 1. The molecule has 0 aliphatic heterocycles. The van der Waals surface area contributed by atoms with E-state index in [4.69, 9.17) is 4.74 Å². The molecule has 0 spiro atoms. The molecule has 5 nitrogen and oxygen atoms in total. The maximum atomic E-state index is 13.5. The summed E-state index contributed by atoms with van der Waals surface area (Å²) in [6, 6.07) is 19.2. The van der Waals surface area contributed by atoms with Crippen LogP contribution in [0.1, 0.15) is 35.1 Å². The molecule has 1 amide bonds. The normalized spacial score (nSPS) is 13.2. The van der Waals surface area contributed by atoms with Crippen LogP contribution in [0.4, 0.5) is 9.18 Å². The Morgan fingerprint density at radius 3 is 2.23 bits per heavy atom. The highest BCUT2D eigenvalue weighted by Gasteiger charge is 2.29. The molecule has 1 aliphatic rings. The molecule has 0 heterocycles.